The van der Waals surface area contributed by atoms with E-state index in [0.29, 0.717) is 5.75 Å². The van der Waals surface area contributed by atoms with Crippen LogP contribution in [-0.4, -0.2) is 24.6 Å². The van der Waals surface area contributed by atoms with Crippen LogP contribution in [0.3, 0.4) is 0 Å². The molecule has 1 fully saturated rings. The number of carbonyl (C=O) groups excluding carboxylic acids is 1. The molecule has 3 heterocycles. The van der Waals surface area contributed by atoms with Crippen LogP contribution in [0.25, 0.3) is 0 Å². The monoisotopic (exact) mass is 328 g/mol. The van der Waals surface area contributed by atoms with E-state index < -0.39 is 0 Å². The number of rotatable bonds is 4. The van der Waals surface area contributed by atoms with E-state index in [2.05, 4.69) is 10.6 Å². The summed E-state index contributed by atoms with van der Waals surface area (Å²) in [7, 11) is 3.62. The highest BCUT2D eigenvalue weighted by Gasteiger charge is 2.15. The molecule has 1 saturated heterocycles. The van der Waals surface area contributed by atoms with Gasteiger partial charge in [0.1, 0.15) is 13.1 Å². The number of carbonyl (C=O) groups is 1. The number of hydrogen-bond donors (Lipinski definition) is 0. The van der Waals surface area contributed by atoms with E-state index in [1.165, 1.54) is 46.1 Å². The number of Topliss-reactive ketones (excluding diaryl/α,β-unsaturated/α-hetero) is 1. The van der Waals surface area contributed by atoms with Crippen molar-refractivity contribution >= 4 is 49.6 Å². The van der Waals surface area contributed by atoms with Crippen molar-refractivity contribution in [3.8, 4) is 0 Å². The molecular formula is C13H14NOS4+. The van der Waals surface area contributed by atoms with Crippen LogP contribution in [0.1, 0.15) is 22.5 Å². The average molecular weight is 329 g/mol. The summed E-state index contributed by atoms with van der Waals surface area (Å²) in [5, 5.41) is 1.95. The molecule has 19 heavy (non-hydrogen) atoms. The molecule has 1 aliphatic heterocycles. The second-order valence-corrected chi connectivity index (χ2v) is 8.77. The largest absolute Gasteiger partial charge is 0.292 e. The highest BCUT2D eigenvalue weighted by Crippen LogP contribution is 2.25. The smallest absolute Gasteiger partial charge is 0.268 e. The summed E-state index contributed by atoms with van der Waals surface area (Å²) in [6.45, 7) is 2.37. The lowest BCUT2D eigenvalue weighted by Crippen LogP contribution is -2.23. The maximum atomic E-state index is 11.9. The van der Waals surface area contributed by atoms with Crippen LogP contribution < -0.4 is 9.25 Å². The Kier molecular flexibility index (Phi) is 4.53. The van der Waals surface area contributed by atoms with Gasteiger partial charge in [-0.3, -0.25) is 4.79 Å². The number of thiophene rings is 1. The van der Waals surface area contributed by atoms with Crippen LogP contribution >= 0.6 is 43.8 Å². The lowest BCUT2D eigenvalue weighted by atomic mass is 10.4. The molecule has 2 aromatic heterocycles. The maximum Gasteiger partial charge on any atom is 0.268 e. The summed E-state index contributed by atoms with van der Waals surface area (Å²) < 4.78 is 5.08. The first-order valence-electron chi connectivity index (χ1n) is 6.20. The van der Waals surface area contributed by atoms with Gasteiger partial charge in [-0.05, 0) is 21.8 Å². The zero-order chi connectivity index (χ0) is 13.1. The van der Waals surface area contributed by atoms with E-state index in [-0.39, 0.29) is 5.78 Å². The fraction of sp³-hybridized carbons (Fsp3) is 0.385. The van der Waals surface area contributed by atoms with E-state index in [1.54, 1.807) is 22.1 Å². The van der Waals surface area contributed by atoms with E-state index in [9.17, 15) is 4.79 Å². The summed E-state index contributed by atoms with van der Waals surface area (Å²) in [4.78, 5) is 12.8. The molecule has 2 nitrogen and oxygen atoms in total. The number of ketones is 1. The molecular weight excluding hydrogens is 314 g/mol. The Bertz CT molecular complexity index is 615. The van der Waals surface area contributed by atoms with Crippen LogP contribution in [0.4, 0.5) is 0 Å². The van der Waals surface area contributed by atoms with Gasteiger partial charge in [-0.1, -0.05) is 16.4 Å². The SMILES string of the molecule is O=C(CSc1cc(=[N+]2CCCC2)ss1)c1cccs1. The van der Waals surface area contributed by atoms with Gasteiger partial charge in [0.05, 0.1) is 14.8 Å². The molecule has 0 N–H and O–H groups in total. The fourth-order valence-electron chi connectivity index (χ4n) is 2.02. The predicted octanol–water partition coefficient (Wildman–Crippen LogP) is 3.41. The van der Waals surface area contributed by atoms with Crippen LogP contribution in [0, 0.1) is 0 Å². The minimum absolute atomic E-state index is 0.237. The third-order valence-electron chi connectivity index (χ3n) is 3.01. The highest BCUT2D eigenvalue weighted by molar-refractivity contribution is 8.03. The van der Waals surface area contributed by atoms with Gasteiger partial charge in [-0.25, -0.2) is 4.58 Å². The molecule has 100 valence electrons. The number of hydrogen-bond acceptors (Lipinski definition) is 5. The van der Waals surface area contributed by atoms with Crippen molar-refractivity contribution < 1.29 is 4.79 Å². The Labute approximate surface area is 127 Å². The molecule has 2 aromatic rings. The molecule has 0 bridgehead atoms. The zero-order valence-corrected chi connectivity index (χ0v) is 13.6. The quantitative estimate of drug-likeness (QED) is 0.371. The molecule has 0 unspecified atom stereocenters. The van der Waals surface area contributed by atoms with Crippen LogP contribution in [0.15, 0.2) is 27.8 Å². The molecule has 0 amide bonds. The summed E-state index contributed by atoms with van der Waals surface area (Å²) in [5.74, 6) is 0.786. The minimum Gasteiger partial charge on any atom is -0.292 e. The van der Waals surface area contributed by atoms with Crippen LogP contribution in [-0.2, 0) is 0 Å². The number of nitrogens with zero attached hydrogens (tertiary/aromatic N) is 1. The van der Waals surface area contributed by atoms with E-state index in [0.717, 1.165) is 4.88 Å². The second kappa shape index (κ2) is 6.35. The molecule has 0 saturated carbocycles. The second-order valence-electron chi connectivity index (χ2n) is 4.35. The standard InChI is InChI=1S/C13H14NOS4/c15-10(11-4-3-7-16-11)9-17-13-8-12(18-19-13)14-5-1-2-6-14/h3-4,7-8H,1-2,5-6,9H2/q+1. The van der Waals surface area contributed by atoms with Gasteiger partial charge in [-0.2, -0.15) is 0 Å². The normalized spacial score (nSPS) is 15.1. The molecule has 0 aliphatic carbocycles. The third kappa shape index (κ3) is 3.37. The Morgan fingerprint density at radius 1 is 1.32 bits per heavy atom. The molecule has 3 rings (SSSR count). The summed E-state index contributed by atoms with van der Waals surface area (Å²) in [5.41, 5.74) is 0. The zero-order valence-electron chi connectivity index (χ0n) is 10.3. The van der Waals surface area contributed by atoms with Gasteiger partial charge in [0.15, 0.2) is 5.78 Å². The first-order chi connectivity index (χ1) is 9.33. The summed E-state index contributed by atoms with van der Waals surface area (Å²) in [6, 6.07) is 6.08. The van der Waals surface area contributed by atoms with Gasteiger partial charge >= 0.3 is 0 Å². The Balaban J connectivity index is 1.65. The van der Waals surface area contributed by atoms with Crippen LogP contribution in [0.2, 0.25) is 0 Å². The van der Waals surface area contributed by atoms with E-state index >= 15 is 0 Å². The number of thioether (sulfide) groups is 1. The molecule has 0 radical (unpaired) electrons. The van der Waals surface area contributed by atoms with Crippen molar-refractivity contribution in [3.63, 3.8) is 0 Å². The Morgan fingerprint density at radius 2 is 2.16 bits per heavy atom. The van der Waals surface area contributed by atoms with Gasteiger partial charge in [0.2, 0.25) is 0 Å². The Morgan fingerprint density at radius 3 is 2.89 bits per heavy atom. The molecule has 0 atom stereocenters. The Hall–Kier alpha value is -0.430. The van der Waals surface area contributed by atoms with Gasteiger partial charge < -0.3 is 0 Å². The lowest BCUT2D eigenvalue weighted by molar-refractivity contribution is 0.102. The molecule has 6 heteroatoms. The van der Waals surface area contributed by atoms with E-state index in [1.807, 2.05) is 27.9 Å². The van der Waals surface area contributed by atoms with Crippen LogP contribution in [0.5, 0.6) is 0 Å². The predicted molar refractivity (Wildman–Crippen MR) is 85.8 cm³/mol. The summed E-state index contributed by atoms with van der Waals surface area (Å²) in [6.07, 6.45) is 2.61. The van der Waals surface area contributed by atoms with Gasteiger partial charge in [0.25, 0.3) is 4.67 Å². The van der Waals surface area contributed by atoms with Crippen molar-refractivity contribution in [1.82, 2.24) is 4.58 Å². The first-order valence-corrected chi connectivity index (χ1v) is 10.2. The van der Waals surface area contributed by atoms with Gasteiger partial charge in [-0.15, -0.1) is 23.1 Å². The van der Waals surface area contributed by atoms with Crippen molar-refractivity contribution in [3.05, 3.63) is 33.1 Å². The van der Waals surface area contributed by atoms with Crippen molar-refractivity contribution in [2.75, 3.05) is 18.8 Å². The molecule has 0 aromatic carbocycles. The molecule has 0 spiro atoms. The third-order valence-corrected chi connectivity index (χ3v) is 7.86. The van der Waals surface area contributed by atoms with Crippen molar-refractivity contribution in [2.24, 2.45) is 0 Å². The summed E-state index contributed by atoms with van der Waals surface area (Å²) >= 11 is 3.19. The first kappa shape index (κ1) is 13.5. The van der Waals surface area contributed by atoms with Gasteiger partial charge in [0, 0.05) is 18.9 Å². The highest BCUT2D eigenvalue weighted by atomic mass is 32.9. The van der Waals surface area contributed by atoms with E-state index in [4.69, 9.17) is 0 Å². The maximum absolute atomic E-state index is 11.9. The fourth-order valence-corrected chi connectivity index (χ4v) is 6.55. The minimum atomic E-state index is 0.237. The topological polar surface area (TPSA) is 20.1 Å². The van der Waals surface area contributed by atoms with Crippen molar-refractivity contribution in [1.29, 1.82) is 0 Å². The average Bonchev–Trinajstić information content (AvgIpc) is 3.14. The lowest BCUT2D eigenvalue weighted by Gasteiger charge is -1.94. The molecule has 1 aliphatic rings. The van der Waals surface area contributed by atoms with Crippen molar-refractivity contribution in [2.45, 2.75) is 17.1 Å².